The predicted octanol–water partition coefficient (Wildman–Crippen LogP) is 6.65. The molecule has 0 aliphatic carbocycles. The van der Waals surface area contributed by atoms with Crippen molar-refractivity contribution in [1.82, 2.24) is 19.8 Å². The maximum atomic E-state index is 14.1. The van der Waals surface area contributed by atoms with E-state index in [1.54, 1.807) is 42.8 Å². The fourth-order valence-electron chi connectivity index (χ4n) is 5.35. The van der Waals surface area contributed by atoms with E-state index in [1.165, 1.54) is 30.3 Å². The zero-order chi connectivity index (χ0) is 29.3. The summed E-state index contributed by atoms with van der Waals surface area (Å²) in [5, 5.41) is 6.26. The van der Waals surface area contributed by atoms with E-state index in [2.05, 4.69) is 15.6 Å². The molecule has 1 aliphatic heterocycles. The summed E-state index contributed by atoms with van der Waals surface area (Å²) in [6.45, 7) is 3.71. The number of thiocarbonyl (C=S) groups is 1. The minimum Gasteiger partial charge on any atom is -0.352 e. The lowest BCUT2D eigenvalue weighted by Crippen LogP contribution is -2.33. The summed E-state index contributed by atoms with van der Waals surface area (Å²) in [4.78, 5) is 19.1. The fraction of sp³-hybridized carbons (Fsp3) is 0.233. The van der Waals surface area contributed by atoms with Crippen LogP contribution in [0.4, 0.5) is 23.2 Å². The maximum absolute atomic E-state index is 14.1. The number of hydrogen-bond donors (Lipinski definition) is 2. The Kier molecular flexibility index (Phi) is 7.81. The molecule has 5 rings (SSSR count). The van der Waals surface area contributed by atoms with Gasteiger partial charge in [0, 0.05) is 30.6 Å². The number of carbonyl (C=O) groups excluding carboxylic acids is 1. The number of nitrogens with one attached hydrogen (secondary N) is 2. The molecule has 0 bridgehead atoms. The van der Waals surface area contributed by atoms with Crippen molar-refractivity contribution in [3.63, 3.8) is 0 Å². The van der Waals surface area contributed by atoms with Crippen LogP contribution in [0.5, 0.6) is 0 Å². The second-order valence-corrected chi connectivity index (χ2v) is 10.2. The summed E-state index contributed by atoms with van der Waals surface area (Å²) in [5.41, 5.74) is 2.03. The van der Waals surface area contributed by atoms with E-state index >= 15 is 0 Å². The third-order valence-electron chi connectivity index (χ3n) is 7.16. The van der Waals surface area contributed by atoms with Crippen molar-refractivity contribution < 1.29 is 22.4 Å². The van der Waals surface area contributed by atoms with Gasteiger partial charge in [-0.1, -0.05) is 30.3 Å². The summed E-state index contributed by atoms with van der Waals surface area (Å²) in [7, 11) is 0. The van der Waals surface area contributed by atoms with Crippen LogP contribution in [0.25, 0.3) is 5.69 Å². The number of halogens is 4. The number of benzene rings is 2. The van der Waals surface area contributed by atoms with Gasteiger partial charge < -0.3 is 20.1 Å². The topological polar surface area (TPSA) is 62.2 Å². The number of alkyl halides is 3. The van der Waals surface area contributed by atoms with Gasteiger partial charge in [0.15, 0.2) is 5.11 Å². The number of amides is 1. The average Bonchev–Trinajstić information content (AvgIpc) is 3.42. The predicted molar refractivity (Wildman–Crippen MR) is 152 cm³/mol. The molecule has 2 N–H and O–H groups in total. The lowest BCUT2D eigenvalue weighted by Gasteiger charge is -2.28. The van der Waals surface area contributed by atoms with Gasteiger partial charge in [-0.3, -0.25) is 9.78 Å². The van der Waals surface area contributed by atoms with Crippen molar-refractivity contribution in [2.45, 2.75) is 38.5 Å². The molecular formula is C30H27F4N5OS. The lowest BCUT2D eigenvalue weighted by atomic mass is 9.96. The molecule has 1 amide bonds. The van der Waals surface area contributed by atoms with Crippen LogP contribution in [0.2, 0.25) is 0 Å². The molecule has 41 heavy (non-hydrogen) atoms. The summed E-state index contributed by atoms with van der Waals surface area (Å²) < 4.78 is 57.5. The van der Waals surface area contributed by atoms with Gasteiger partial charge in [-0.25, -0.2) is 4.39 Å². The van der Waals surface area contributed by atoms with Crippen LogP contribution >= 0.6 is 12.2 Å². The number of carbonyl (C=O) groups is 1. The molecule has 0 spiro atoms. The van der Waals surface area contributed by atoms with Crippen molar-refractivity contribution in [3.05, 3.63) is 113 Å². The van der Waals surface area contributed by atoms with Gasteiger partial charge >= 0.3 is 6.18 Å². The smallest absolute Gasteiger partial charge is 0.352 e. The minimum atomic E-state index is -4.54. The van der Waals surface area contributed by atoms with Crippen LogP contribution in [0.3, 0.4) is 0 Å². The Hall–Kier alpha value is -4.25. The molecule has 2 atom stereocenters. The van der Waals surface area contributed by atoms with E-state index < -0.39 is 35.5 Å². The molecule has 3 heterocycles. The van der Waals surface area contributed by atoms with Crippen molar-refractivity contribution >= 4 is 28.9 Å². The largest absolute Gasteiger partial charge is 0.418 e. The lowest BCUT2D eigenvalue weighted by molar-refractivity contribution is -0.137. The zero-order valence-electron chi connectivity index (χ0n) is 22.2. The highest BCUT2D eigenvalue weighted by Crippen LogP contribution is 2.42. The summed E-state index contributed by atoms with van der Waals surface area (Å²) >= 11 is 5.68. The van der Waals surface area contributed by atoms with Crippen LogP contribution in [0.15, 0.2) is 79.0 Å². The SMILES string of the molecule is Cc1cc([C@H]2[C@H](c3ccccn3)NC(=S)N2CCC(=O)Nc2ccccc2F)c(C)n1-c1ccccc1C(F)(F)F. The van der Waals surface area contributed by atoms with E-state index in [0.29, 0.717) is 22.2 Å². The van der Waals surface area contributed by atoms with Crippen molar-refractivity contribution in [2.24, 2.45) is 0 Å². The number of aryl methyl sites for hydroxylation is 1. The van der Waals surface area contributed by atoms with Gasteiger partial charge in [0.25, 0.3) is 0 Å². The molecule has 1 aliphatic rings. The first-order chi connectivity index (χ1) is 19.6. The highest BCUT2D eigenvalue weighted by Gasteiger charge is 2.42. The second-order valence-electron chi connectivity index (χ2n) is 9.77. The van der Waals surface area contributed by atoms with E-state index in [4.69, 9.17) is 12.2 Å². The Morgan fingerprint density at radius 1 is 1.05 bits per heavy atom. The van der Waals surface area contributed by atoms with Gasteiger partial charge in [-0.2, -0.15) is 13.2 Å². The first-order valence-corrected chi connectivity index (χ1v) is 13.3. The zero-order valence-corrected chi connectivity index (χ0v) is 23.1. The van der Waals surface area contributed by atoms with Crippen LogP contribution in [-0.2, 0) is 11.0 Å². The molecule has 0 unspecified atom stereocenters. The third-order valence-corrected chi connectivity index (χ3v) is 7.52. The van der Waals surface area contributed by atoms with Crippen LogP contribution in [0.1, 0.15) is 46.7 Å². The molecule has 6 nitrogen and oxygen atoms in total. The molecule has 0 radical (unpaired) electrons. The van der Waals surface area contributed by atoms with E-state index in [9.17, 15) is 22.4 Å². The van der Waals surface area contributed by atoms with Gasteiger partial charge in [0.1, 0.15) is 5.82 Å². The molecule has 11 heteroatoms. The van der Waals surface area contributed by atoms with Gasteiger partial charge in [0.2, 0.25) is 5.91 Å². The number of para-hydroxylation sites is 2. The third kappa shape index (κ3) is 5.67. The minimum absolute atomic E-state index is 0.00274. The molecule has 212 valence electrons. The number of anilines is 1. The van der Waals surface area contributed by atoms with E-state index in [-0.39, 0.29) is 24.3 Å². The average molecular weight is 582 g/mol. The number of aromatic nitrogens is 2. The molecule has 1 saturated heterocycles. The van der Waals surface area contributed by atoms with E-state index in [1.807, 2.05) is 23.1 Å². The van der Waals surface area contributed by atoms with Gasteiger partial charge in [-0.15, -0.1) is 0 Å². The molecule has 4 aromatic rings. The number of rotatable bonds is 7. The van der Waals surface area contributed by atoms with Crippen LogP contribution in [-0.4, -0.2) is 32.0 Å². The monoisotopic (exact) mass is 581 g/mol. The van der Waals surface area contributed by atoms with Gasteiger partial charge in [0.05, 0.1) is 34.7 Å². The fourth-order valence-corrected chi connectivity index (χ4v) is 5.68. The molecular weight excluding hydrogens is 554 g/mol. The summed E-state index contributed by atoms with van der Waals surface area (Å²) in [5.74, 6) is -0.943. The van der Waals surface area contributed by atoms with Crippen molar-refractivity contribution in [1.29, 1.82) is 0 Å². The Morgan fingerprint density at radius 2 is 1.76 bits per heavy atom. The van der Waals surface area contributed by atoms with Crippen molar-refractivity contribution in [3.8, 4) is 5.69 Å². The number of hydrogen-bond acceptors (Lipinski definition) is 3. The number of pyridine rings is 1. The maximum Gasteiger partial charge on any atom is 0.418 e. The highest BCUT2D eigenvalue weighted by molar-refractivity contribution is 7.80. The first kappa shape index (κ1) is 28.3. The molecule has 2 aromatic heterocycles. The van der Waals surface area contributed by atoms with Crippen LogP contribution in [0, 0.1) is 19.7 Å². The summed E-state index contributed by atoms with van der Waals surface area (Å²) in [6.07, 6.45) is -2.88. The normalized spacial score (nSPS) is 17.0. The standard InChI is InChI=1S/C30H27F4N5OS/c1-18-17-20(19(2)39(18)25-13-6-3-9-21(25)30(32,33)34)28-27(24-12-7-8-15-35-24)37-29(41)38(28)16-14-26(40)36-23-11-5-4-10-22(23)31/h3-13,15,17,27-28H,14,16H2,1-2H3,(H,36,40)(H,37,41)/t27-,28-/m0/s1. The molecule has 1 fully saturated rings. The Labute approximate surface area is 240 Å². The van der Waals surface area contributed by atoms with Crippen molar-refractivity contribution in [2.75, 3.05) is 11.9 Å². The quantitative estimate of drug-likeness (QED) is 0.189. The Morgan fingerprint density at radius 3 is 2.46 bits per heavy atom. The molecule has 2 aromatic carbocycles. The molecule has 0 saturated carbocycles. The number of nitrogens with zero attached hydrogens (tertiary/aromatic N) is 3. The van der Waals surface area contributed by atoms with Gasteiger partial charge in [-0.05, 0) is 74.1 Å². The Bertz CT molecular complexity index is 1590. The second kappa shape index (κ2) is 11.3. The van der Waals surface area contributed by atoms with Crippen LogP contribution < -0.4 is 10.6 Å². The Balaban J connectivity index is 1.52. The first-order valence-electron chi connectivity index (χ1n) is 12.9. The highest BCUT2D eigenvalue weighted by atomic mass is 32.1. The van der Waals surface area contributed by atoms with E-state index in [0.717, 1.165) is 11.6 Å². The summed E-state index contributed by atoms with van der Waals surface area (Å²) in [6, 6.07) is 17.8.